The number of carbonyl (C=O) groups excluding carboxylic acids is 1. The summed E-state index contributed by atoms with van der Waals surface area (Å²) in [6, 6.07) is 7.78. The number of anilines is 1. The molecule has 2 nitrogen and oxygen atoms in total. The lowest BCUT2D eigenvalue weighted by Gasteiger charge is -2.01. The number of benzene rings is 1. The van der Waals surface area contributed by atoms with Crippen LogP contribution >= 0.6 is 0 Å². The molecule has 12 heavy (non-hydrogen) atoms. The van der Waals surface area contributed by atoms with Crippen LogP contribution < -0.4 is 4.90 Å². The zero-order valence-corrected chi connectivity index (χ0v) is 7.08. The lowest BCUT2D eigenvalue weighted by Crippen LogP contribution is -1.94. The minimum Gasteiger partial charge on any atom is -0.368 e. The quantitative estimate of drug-likeness (QED) is 0.486. The number of hydrogen-bond donors (Lipinski definition) is 0. The van der Waals surface area contributed by atoms with Crippen LogP contribution in [0.3, 0.4) is 0 Å². The van der Waals surface area contributed by atoms with Gasteiger partial charge in [0.15, 0.2) is 5.78 Å². The summed E-state index contributed by atoms with van der Waals surface area (Å²) in [6.45, 7) is 3.89. The highest BCUT2D eigenvalue weighted by Crippen LogP contribution is 2.20. The smallest absolute Gasteiger partial charge is 0.159 e. The van der Waals surface area contributed by atoms with Crippen molar-refractivity contribution in [3.05, 3.63) is 29.8 Å². The lowest BCUT2D eigenvalue weighted by molar-refractivity contribution is 0.101. The number of hydrogen-bond acceptors (Lipinski definition) is 2. The fraction of sp³-hybridized carbons (Fsp3) is 0.300. The Hall–Kier alpha value is -1.31. The van der Waals surface area contributed by atoms with Crippen molar-refractivity contribution < 1.29 is 4.79 Å². The van der Waals surface area contributed by atoms with Crippen LogP contribution in [0, 0.1) is 0 Å². The van der Waals surface area contributed by atoms with Gasteiger partial charge in [0.05, 0.1) is 0 Å². The van der Waals surface area contributed by atoms with Gasteiger partial charge in [0.2, 0.25) is 0 Å². The van der Waals surface area contributed by atoms with Gasteiger partial charge in [-0.3, -0.25) is 4.79 Å². The molecule has 1 aromatic rings. The molecule has 1 aromatic carbocycles. The van der Waals surface area contributed by atoms with E-state index in [-0.39, 0.29) is 5.78 Å². The molecule has 2 heteroatoms. The van der Waals surface area contributed by atoms with Crippen LogP contribution in [0.5, 0.6) is 0 Å². The van der Waals surface area contributed by atoms with Crippen molar-refractivity contribution in [1.29, 1.82) is 0 Å². The van der Waals surface area contributed by atoms with E-state index in [1.165, 1.54) is 5.69 Å². The molecular formula is C10H11NO. The number of nitrogens with zero attached hydrogens (tertiary/aromatic N) is 1. The van der Waals surface area contributed by atoms with Crippen molar-refractivity contribution in [3.8, 4) is 0 Å². The van der Waals surface area contributed by atoms with Gasteiger partial charge in [0.1, 0.15) is 0 Å². The molecule has 0 amide bonds. The second kappa shape index (κ2) is 2.63. The summed E-state index contributed by atoms with van der Waals surface area (Å²) < 4.78 is 0. The molecule has 0 aromatic heterocycles. The van der Waals surface area contributed by atoms with Crippen molar-refractivity contribution in [2.24, 2.45) is 0 Å². The first-order valence-electron chi connectivity index (χ1n) is 4.13. The van der Waals surface area contributed by atoms with Crippen LogP contribution in [0.15, 0.2) is 24.3 Å². The van der Waals surface area contributed by atoms with Gasteiger partial charge in [-0.05, 0) is 31.2 Å². The Balaban J connectivity index is 2.24. The zero-order valence-electron chi connectivity index (χ0n) is 7.08. The third-order valence-electron chi connectivity index (χ3n) is 2.09. The summed E-state index contributed by atoms with van der Waals surface area (Å²) in [7, 11) is 0. The normalized spacial score (nSPS) is 14.6. The number of ketones is 1. The van der Waals surface area contributed by atoms with E-state index in [2.05, 4.69) is 4.90 Å². The van der Waals surface area contributed by atoms with Gasteiger partial charge in [-0.15, -0.1) is 0 Å². The van der Waals surface area contributed by atoms with Crippen LogP contribution in [0.1, 0.15) is 17.3 Å². The maximum Gasteiger partial charge on any atom is 0.159 e. The molecular weight excluding hydrogens is 150 g/mol. The van der Waals surface area contributed by atoms with E-state index < -0.39 is 0 Å². The van der Waals surface area contributed by atoms with Crippen LogP contribution in [0.2, 0.25) is 0 Å². The Morgan fingerprint density at radius 3 is 2.25 bits per heavy atom. The molecule has 1 fully saturated rings. The largest absolute Gasteiger partial charge is 0.368 e. The van der Waals surface area contributed by atoms with E-state index >= 15 is 0 Å². The van der Waals surface area contributed by atoms with Gasteiger partial charge in [-0.1, -0.05) is 0 Å². The van der Waals surface area contributed by atoms with Crippen molar-refractivity contribution in [2.75, 3.05) is 18.0 Å². The summed E-state index contributed by atoms with van der Waals surface area (Å²) in [6.07, 6.45) is 0. The fourth-order valence-electron chi connectivity index (χ4n) is 1.22. The molecule has 1 aliphatic heterocycles. The highest BCUT2D eigenvalue weighted by atomic mass is 16.1. The molecule has 0 saturated carbocycles. The van der Waals surface area contributed by atoms with E-state index in [0.29, 0.717) is 0 Å². The minimum absolute atomic E-state index is 0.132. The molecule has 0 spiro atoms. The molecule has 1 aliphatic rings. The molecule has 0 radical (unpaired) electrons. The van der Waals surface area contributed by atoms with E-state index in [4.69, 9.17) is 0 Å². The maximum absolute atomic E-state index is 10.9. The second-order valence-electron chi connectivity index (χ2n) is 3.09. The SMILES string of the molecule is CC(=O)c1ccc(N2CC2)cc1. The zero-order chi connectivity index (χ0) is 8.55. The van der Waals surface area contributed by atoms with E-state index in [1.807, 2.05) is 24.3 Å². The molecule has 0 aliphatic carbocycles. The van der Waals surface area contributed by atoms with Gasteiger partial charge in [-0.2, -0.15) is 0 Å². The monoisotopic (exact) mass is 161 g/mol. The number of rotatable bonds is 2. The standard InChI is InChI=1S/C10H11NO/c1-8(12)9-2-4-10(5-3-9)11-6-7-11/h2-5H,6-7H2,1H3. The first kappa shape index (κ1) is 7.35. The van der Waals surface area contributed by atoms with E-state index in [9.17, 15) is 4.79 Å². The Labute approximate surface area is 71.8 Å². The minimum atomic E-state index is 0.132. The third-order valence-corrected chi connectivity index (χ3v) is 2.09. The highest BCUT2D eigenvalue weighted by Gasteiger charge is 2.17. The predicted octanol–water partition coefficient (Wildman–Crippen LogP) is 1.71. The summed E-state index contributed by atoms with van der Waals surface area (Å²) in [5, 5.41) is 0. The Bertz CT molecular complexity index is 298. The van der Waals surface area contributed by atoms with Crippen molar-refractivity contribution >= 4 is 11.5 Å². The van der Waals surface area contributed by atoms with Crippen molar-refractivity contribution in [1.82, 2.24) is 0 Å². The number of Topliss-reactive ketones (excluding diaryl/α,β-unsaturated/α-hetero) is 1. The molecule has 1 heterocycles. The molecule has 62 valence electrons. The Kier molecular flexibility index (Phi) is 1.61. The highest BCUT2D eigenvalue weighted by molar-refractivity contribution is 5.94. The first-order valence-corrected chi connectivity index (χ1v) is 4.13. The van der Waals surface area contributed by atoms with Crippen LogP contribution in [-0.2, 0) is 0 Å². The van der Waals surface area contributed by atoms with E-state index in [0.717, 1.165) is 18.7 Å². The number of carbonyl (C=O) groups is 1. The maximum atomic E-state index is 10.9. The molecule has 0 bridgehead atoms. The van der Waals surface area contributed by atoms with Crippen LogP contribution in [0.4, 0.5) is 5.69 Å². The van der Waals surface area contributed by atoms with Gasteiger partial charge < -0.3 is 4.90 Å². The van der Waals surface area contributed by atoms with Gasteiger partial charge >= 0.3 is 0 Å². The molecule has 1 saturated heterocycles. The summed E-state index contributed by atoms with van der Waals surface area (Å²) in [5.74, 6) is 0.132. The van der Waals surface area contributed by atoms with Crippen LogP contribution in [0.25, 0.3) is 0 Å². The summed E-state index contributed by atoms with van der Waals surface area (Å²) >= 11 is 0. The summed E-state index contributed by atoms with van der Waals surface area (Å²) in [5.41, 5.74) is 2.01. The topological polar surface area (TPSA) is 20.1 Å². The fourth-order valence-corrected chi connectivity index (χ4v) is 1.22. The Morgan fingerprint density at radius 1 is 1.25 bits per heavy atom. The van der Waals surface area contributed by atoms with Crippen molar-refractivity contribution in [2.45, 2.75) is 6.92 Å². The second-order valence-corrected chi connectivity index (χ2v) is 3.09. The first-order chi connectivity index (χ1) is 5.77. The summed E-state index contributed by atoms with van der Waals surface area (Å²) in [4.78, 5) is 13.2. The third kappa shape index (κ3) is 1.33. The average Bonchev–Trinajstić information content (AvgIpc) is 2.87. The predicted molar refractivity (Wildman–Crippen MR) is 48.7 cm³/mol. The molecule has 2 rings (SSSR count). The van der Waals surface area contributed by atoms with Crippen molar-refractivity contribution in [3.63, 3.8) is 0 Å². The van der Waals surface area contributed by atoms with E-state index in [1.54, 1.807) is 6.92 Å². The molecule has 0 N–H and O–H groups in total. The van der Waals surface area contributed by atoms with Gasteiger partial charge in [-0.25, -0.2) is 0 Å². The molecule has 0 unspecified atom stereocenters. The average molecular weight is 161 g/mol. The van der Waals surface area contributed by atoms with Gasteiger partial charge in [0.25, 0.3) is 0 Å². The van der Waals surface area contributed by atoms with Gasteiger partial charge in [0, 0.05) is 24.3 Å². The molecule has 0 atom stereocenters. The Morgan fingerprint density at radius 2 is 1.83 bits per heavy atom. The van der Waals surface area contributed by atoms with Crippen LogP contribution in [-0.4, -0.2) is 18.9 Å². The lowest BCUT2D eigenvalue weighted by atomic mass is 10.1.